The summed E-state index contributed by atoms with van der Waals surface area (Å²) >= 11 is 2.25. The van der Waals surface area contributed by atoms with Crippen LogP contribution in [0, 0.1) is 3.57 Å². The van der Waals surface area contributed by atoms with Gasteiger partial charge in [0, 0.05) is 9.61 Å². The second kappa shape index (κ2) is 7.24. The molecule has 0 fully saturated rings. The average Bonchev–Trinajstić information content (AvgIpc) is 2.39. The fourth-order valence-corrected chi connectivity index (χ4v) is 2.27. The fourth-order valence-electron chi connectivity index (χ4n) is 1.91. The van der Waals surface area contributed by atoms with Crippen molar-refractivity contribution < 1.29 is 9.53 Å². The summed E-state index contributed by atoms with van der Waals surface area (Å²) in [5.74, 6) is -0.225. The van der Waals surface area contributed by atoms with Gasteiger partial charge in [-0.1, -0.05) is 19.1 Å². The Kier molecular flexibility index (Phi) is 6.26. The Bertz CT molecular complexity index is 419. The van der Waals surface area contributed by atoms with E-state index in [0.717, 1.165) is 15.6 Å². The van der Waals surface area contributed by atoms with Crippen LogP contribution in [0.2, 0.25) is 0 Å². The highest BCUT2D eigenvalue weighted by Crippen LogP contribution is 2.24. The van der Waals surface area contributed by atoms with Crippen LogP contribution in [0.5, 0.6) is 0 Å². The van der Waals surface area contributed by atoms with Gasteiger partial charge in [-0.05, 0) is 67.5 Å². The van der Waals surface area contributed by atoms with Crippen LogP contribution in [-0.4, -0.2) is 18.6 Å². The summed E-state index contributed by atoms with van der Waals surface area (Å²) < 4.78 is 6.38. The van der Waals surface area contributed by atoms with Gasteiger partial charge in [-0.3, -0.25) is 5.32 Å². The highest BCUT2D eigenvalue weighted by Gasteiger charge is 2.37. The fraction of sp³-hybridized carbons (Fsp3) is 0.533. The van der Waals surface area contributed by atoms with Gasteiger partial charge in [0.2, 0.25) is 0 Å². The third kappa shape index (κ3) is 4.18. The van der Waals surface area contributed by atoms with Crippen molar-refractivity contribution in [3.8, 4) is 0 Å². The first-order valence-electron chi connectivity index (χ1n) is 6.65. The second-order valence-corrected chi connectivity index (χ2v) is 6.05. The maximum atomic E-state index is 12.3. The highest BCUT2D eigenvalue weighted by molar-refractivity contribution is 14.1. The molecule has 0 bridgehead atoms. The van der Waals surface area contributed by atoms with Crippen molar-refractivity contribution in [3.05, 3.63) is 33.4 Å². The maximum absolute atomic E-state index is 12.3. The van der Waals surface area contributed by atoms with E-state index in [0.29, 0.717) is 6.61 Å². The Balaban J connectivity index is 3.10. The number of carbonyl (C=O) groups excluding carboxylic acids is 1. The van der Waals surface area contributed by atoms with Gasteiger partial charge in [-0.15, -0.1) is 0 Å². The molecule has 1 rings (SSSR count). The van der Waals surface area contributed by atoms with Crippen LogP contribution in [0.25, 0.3) is 0 Å². The first-order chi connectivity index (χ1) is 8.93. The normalized spacial score (nSPS) is 15.6. The average molecular weight is 375 g/mol. The number of hydrogen-bond donors (Lipinski definition) is 1. The molecule has 0 aliphatic carbocycles. The largest absolute Gasteiger partial charge is 0.464 e. The predicted molar refractivity (Wildman–Crippen MR) is 86.0 cm³/mol. The SMILES string of the molecule is CCOC(=O)C(C)(NC(C)CC)c1ccc(I)cc1. The quantitative estimate of drug-likeness (QED) is 0.612. The lowest BCUT2D eigenvalue weighted by molar-refractivity contribution is -0.151. The van der Waals surface area contributed by atoms with E-state index >= 15 is 0 Å². The molecule has 0 radical (unpaired) electrons. The zero-order valence-corrected chi connectivity index (χ0v) is 14.2. The van der Waals surface area contributed by atoms with Crippen molar-refractivity contribution in [2.75, 3.05) is 6.61 Å². The van der Waals surface area contributed by atoms with Gasteiger partial charge >= 0.3 is 5.97 Å². The van der Waals surface area contributed by atoms with Crippen LogP contribution in [0.4, 0.5) is 0 Å². The van der Waals surface area contributed by atoms with Crippen LogP contribution in [-0.2, 0) is 15.1 Å². The molecular weight excluding hydrogens is 353 g/mol. The summed E-state index contributed by atoms with van der Waals surface area (Å²) in [5.41, 5.74) is 0.141. The standard InChI is InChI=1S/C15H22INO2/c1-5-11(3)17-15(4,14(18)19-6-2)12-7-9-13(16)10-8-12/h7-11,17H,5-6H2,1-4H3. The minimum absolute atomic E-state index is 0.225. The minimum Gasteiger partial charge on any atom is -0.464 e. The number of rotatable bonds is 6. The van der Waals surface area contributed by atoms with Gasteiger partial charge in [0.1, 0.15) is 5.54 Å². The first kappa shape index (κ1) is 16.4. The summed E-state index contributed by atoms with van der Waals surface area (Å²) in [6.07, 6.45) is 0.958. The summed E-state index contributed by atoms with van der Waals surface area (Å²) in [6.45, 7) is 8.27. The second-order valence-electron chi connectivity index (χ2n) is 4.81. The Morgan fingerprint density at radius 1 is 1.37 bits per heavy atom. The van der Waals surface area contributed by atoms with Crippen LogP contribution in [0.3, 0.4) is 0 Å². The van der Waals surface area contributed by atoms with Gasteiger partial charge in [-0.25, -0.2) is 4.79 Å². The molecule has 4 heteroatoms. The Labute approximate surface area is 129 Å². The van der Waals surface area contributed by atoms with Crippen LogP contribution in [0.15, 0.2) is 24.3 Å². The van der Waals surface area contributed by atoms with E-state index in [2.05, 4.69) is 41.8 Å². The molecular formula is C15H22INO2. The van der Waals surface area contributed by atoms with Crippen molar-refractivity contribution >= 4 is 28.6 Å². The molecule has 0 saturated heterocycles. The third-order valence-corrected chi connectivity index (χ3v) is 3.97. The Hall–Kier alpha value is -0.620. The van der Waals surface area contributed by atoms with Crippen molar-refractivity contribution in [2.45, 2.75) is 45.7 Å². The van der Waals surface area contributed by atoms with E-state index in [-0.39, 0.29) is 12.0 Å². The van der Waals surface area contributed by atoms with E-state index in [4.69, 9.17) is 4.74 Å². The molecule has 1 aromatic rings. The summed E-state index contributed by atoms with van der Waals surface area (Å²) in [5, 5.41) is 3.39. The zero-order chi connectivity index (χ0) is 14.5. The summed E-state index contributed by atoms with van der Waals surface area (Å²) in [7, 11) is 0. The monoisotopic (exact) mass is 375 g/mol. The molecule has 0 amide bonds. The minimum atomic E-state index is -0.796. The first-order valence-corrected chi connectivity index (χ1v) is 7.72. The van der Waals surface area contributed by atoms with E-state index in [1.807, 2.05) is 38.1 Å². The molecule has 106 valence electrons. The van der Waals surface area contributed by atoms with Crippen molar-refractivity contribution in [2.24, 2.45) is 0 Å². The molecule has 2 atom stereocenters. The molecule has 2 unspecified atom stereocenters. The number of esters is 1. The van der Waals surface area contributed by atoms with Crippen LogP contribution < -0.4 is 5.32 Å². The molecule has 0 saturated carbocycles. The van der Waals surface area contributed by atoms with E-state index < -0.39 is 5.54 Å². The maximum Gasteiger partial charge on any atom is 0.330 e. The summed E-state index contributed by atoms with van der Waals surface area (Å²) in [6, 6.07) is 8.22. The Morgan fingerprint density at radius 3 is 2.42 bits per heavy atom. The molecule has 1 N–H and O–H groups in total. The van der Waals surface area contributed by atoms with Gasteiger partial charge in [0.15, 0.2) is 0 Å². The molecule has 0 spiro atoms. The number of carbonyl (C=O) groups is 1. The van der Waals surface area contributed by atoms with Gasteiger partial charge in [0.05, 0.1) is 6.61 Å². The third-order valence-electron chi connectivity index (χ3n) is 3.25. The molecule has 1 aromatic carbocycles. The highest BCUT2D eigenvalue weighted by atomic mass is 127. The zero-order valence-electron chi connectivity index (χ0n) is 12.0. The molecule has 0 heterocycles. The van der Waals surface area contributed by atoms with E-state index in [9.17, 15) is 4.79 Å². The van der Waals surface area contributed by atoms with Gasteiger partial charge < -0.3 is 4.74 Å². The van der Waals surface area contributed by atoms with Crippen LogP contribution >= 0.6 is 22.6 Å². The van der Waals surface area contributed by atoms with Gasteiger partial charge in [-0.2, -0.15) is 0 Å². The lowest BCUT2D eigenvalue weighted by Gasteiger charge is -2.32. The molecule has 19 heavy (non-hydrogen) atoms. The van der Waals surface area contributed by atoms with Gasteiger partial charge in [0.25, 0.3) is 0 Å². The van der Waals surface area contributed by atoms with E-state index in [1.165, 1.54) is 0 Å². The summed E-state index contributed by atoms with van der Waals surface area (Å²) in [4.78, 5) is 12.3. The number of ether oxygens (including phenoxy) is 1. The predicted octanol–water partition coefficient (Wildman–Crippen LogP) is 3.46. The van der Waals surface area contributed by atoms with Crippen molar-refractivity contribution in [3.63, 3.8) is 0 Å². The molecule has 0 aliphatic rings. The van der Waals surface area contributed by atoms with E-state index in [1.54, 1.807) is 0 Å². The van der Waals surface area contributed by atoms with Crippen molar-refractivity contribution in [1.29, 1.82) is 0 Å². The lowest BCUT2D eigenvalue weighted by atomic mass is 9.91. The Morgan fingerprint density at radius 2 is 1.95 bits per heavy atom. The number of hydrogen-bond acceptors (Lipinski definition) is 3. The molecule has 0 aliphatic heterocycles. The van der Waals surface area contributed by atoms with Crippen molar-refractivity contribution in [1.82, 2.24) is 5.32 Å². The molecule has 0 aromatic heterocycles. The number of halogens is 1. The lowest BCUT2D eigenvalue weighted by Crippen LogP contribution is -2.51. The molecule has 3 nitrogen and oxygen atoms in total. The smallest absolute Gasteiger partial charge is 0.330 e. The number of nitrogens with one attached hydrogen (secondary N) is 1. The number of benzene rings is 1. The topological polar surface area (TPSA) is 38.3 Å². The van der Waals surface area contributed by atoms with Crippen LogP contribution in [0.1, 0.15) is 39.7 Å².